The van der Waals surface area contributed by atoms with Gasteiger partial charge in [0, 0.05) is 6.42 Å². The van der Waals surface area contributed by atoms with Crippen LogP contribution in [0, 0.1) is 28.6 Å². The lowest BCUT2D eigenvalue weighted by molar-refractivity contribution is -0.150. The van der Waals surface area contributed by atoms with E-state index in [2.05, 4.69) is 26.8 Å². The summed E-state index contributed by atoms with van der Waals surface area (Å²) in [6.45, 7) is 7.08. The molecule has 2 saturated carbocycles. The molecule has 4 rings (SSSR count). The molecule has 0 bridgehead atoms. The molecule has 0 aromatic carbocycles. The quantitative estimate of drug-likeness (QED) is 0.805. The molecule has 1 N–H and O–H groups in total. The van der Waals surface area contributed by atoms with Crippen LogP contribution >= 0.6 is 0 Å². The molecule has 3 nitrogen and oxygen atoms in total. The molecule has 6 atom stereocenters. The minimum atomic E-state index is -0.630. The third-order valence-electron chi connectivity index (χ3n) is 8.13. The second-order valence-electron chi connectivity index (χ2n) is 9.28. The first-order chi connectivity index (χ1) is 11.3. The van der Waals surface area contributed by atoms with Gasteiger partial charge in [-0.05, 0) is 71.8 Å². The Morgan fingerprint density at radius 3 is 2.88 bits per heavy atom. The molecule has 0 unspecified atom stereocenters. The Hall–Kier alpha value is -1.25. The molecule has 0 amide bonds. The maximum absolute atomic E-state index is 11.5. The fourth-order valence-electron chi connectivity index (χ4n) is 7.08. The molecule has 0 spiro atoms. The van der Waals surface area contributed by atoms with Crippen molar-refractivity contribution in [3.63, 3.8) is 0 Å². The average molecular weight is 330 g/mol. The molecule has 3 aliphatic rings. The van der Waals surface area contributed by atoms with E-state index >= 15 is 0 Å². The van der Waals surface area contributed by atoms with Gasteiger partial charge in [-0.25, -0.2) is 0 Å². The standard InChI is InChI=1S/C21H30O3/c1-13-14-5-6-18-20(2,12-19(22)23)8-4-9-21(18,3)16(14)11-17-15(13)7-10-24-17/h7,10,13-14,16,18H,4-6,8-9,11-12H2,1-3H3,(H,22,23)/t13-,14+,16+,18-,20-,21-/m1/s1. The number of hydrogen-bond acceptors (Lipinski definition) is 2. The average Bonchev–Trinajstić information content (AvgIpc) is 2.96. The molecule has 0 aliphatic heterocycles. The fourth-order valence-corrected chi connectivity index (χ4v) is 7.08. The highest BCUT2D eigenvalue weighted by molar-refractivity contribution is 5.67. The van der Waals surface area contributed by atoms with E-state index in [1.807, 2.05) is 6.26 Å². The van der Waals surface area contributed by atoms with Crippen molar-refractivity contribution in [3.05, 3.63) is 23.7 Å². The van der Waals surface area contributed by atoms with Crippen LogP contribution < -0.4 is 0 Å². The molecule has 1 aromatic rings. The van der Waals surface area contributed by atoms with Crippen molar-refractivity contribution in [2.45, 2.75) is 71.6 Å². The Morgan fingerprint density at radius 2 is 2.12 bits per heavy atom. The minimum absolute atomic E-state index is 0.0452. The first-order valence-electron chi connectivity index (χ1n) is 9.63. The Bertz CT molecular complexity index is 647. The smallest absolute Gasteiger partial charge is 0.303 e. The molecule has 1 heterocycles. The monoisotopic (exact) mass is 330 g/mol. The summed E-state index contributed by atoms with van der Waals surface area (Å²) in [5.41, 5.74) is 1.63. The summed E-state index contributed by atoms with van der Waals surface area (Å²) >= 11 is 0. The molecule has 132 valence electrons. The lowest BCUT2D eigenvalue weighted by Gasteiger charge is -2.61. The van der Waals surface area contributed by atoms with Gasteiger partial charge >= 0.3 is 5.97 Å². The molecule has 3 aliphatic carbocycles. The number of hydrogen-bond donors (Lipinski definition) is 1. The van der Waals surface area contributed by atoms with Gasteiger partial charge in [0.05, 0.1) is 12.7 Å². The second-order valence-corrected chi connectivity index (χ2v) is 9.28. The number of rotatable bonds is 2. The number of carbonyl (C=O) groups is 1. The van der Waals surface area contributed by atoms with Crippen molar-refractivity contribution in [3.8, 4) is 0 Å². The van der Waals surface area contributed by atoms with Crippen LogP contribution in [-0.2, 0) is 11.2 Å². The maximum atomic E-state index is 11.5. The van der Waals surface area contributed by atoms with Gasteiger partial charge in [0.2, 0.25) is 0 Å². The van der Waals surface area contributed by atoms with E-state index in [1.54, 1.807) is 0 Å². The van der Waals surface area contributed by atoms with Gasteiger partial charge in [-0.2, -0.15) is 0 Å². The highest BCUT2D eigenvalue weighted by atomic mass is 16.4. The lowest BCUT2D eigenvalue weighted by atomic mass is 9.43. The number of carboxylic acid groups (broad SMARTS) is 1. The zero-order valence-corrected chi connectivity index (χ0v) is 15.2. The van der Waals surface area contributed by atoms with Crippen LogP contribution in [0.5, 0.6) is 0 Å². The largest absolute Gasteiger partial charge is 0.481 e. The summed E-state index contributed by atoms with van der Waals surface area (Å²) in [6, 6.07) is 2.17. The van der Waals surface area contributed by atoms with Crippen molar-refractivity contribution < 1.29 is 14.3 Å². The van der Waals surface area contributed by atoms with E-state index in [-0.39, 0.29) is 10.8 Å². The first kappa shape index (κ1) is 16.2. The number of furan rings is 1. The summed E-state index contributed by atoms with van der Waals surface area (Å²) in [5.74, 6) is 3.02. The molecule has 3 heteroatoms. The molecular formula is C21H30O3. The van der Waals surface area contributed by atoms with E-state index in [0.717, 1.165) is 18.8 Å². The summed E-state index contributed by atoms with van der Waals surface area (Å²) in [7, 11) is 0. The third kappa shape index (κ3) is 2.19. The molecular weight excluding hydrogens is 300 g/mol. The molecule has 0 saturated heterocycles. The van der Waals surface area contributed by atoms with Gasteiger partial charge in [0.1, 0.15) is 5.76 Å². The van der Waals surface area contributed by atoms with Crippen molar-refractivity contribution in [1.82, 2.24) is 0 Å². The van der Waals surface area contributed by atoms with Crippen LogP contribution in [0.2, 0.25) is 0 Å². The molecule has 0 radical (unpaired) electrons. The van der Waals surface area contributed by atoms with Crippen molar-refractivity contribution in [1.29, 1.82) is 0 Å². The SMILES string of the molecule is C[C@H]1c2ccoc2C[C@H]2[C@H]1CC[C@@H]1[C@@](C)(CC(=O)O)CCC[C@@]12C. The molecule has 1 aromatic heterocycles. The third-order valence-corrected chi connectivity index (χ3v) is 8.13. The van der Waals surface area contributed by atoms with Gasteiger partial charge in [-0.15, -0.1) is 0 Å². The Kier molecular flexibility index (Phi) is 3.63. The van der Waals surface area contributed by atoms with Gasteiger partial charge < -0.3 is 9.52 Å². The van der Waals surface area contributed by atoms with Crippen molar-refractivity contribution >= 4 is 5.97 Å². The van der Waals surface area contributed by atoms with E-state index < -0.39 is 5.97 Å². The predicted octanol–water partition coefficient (Wildman–Crippen LogP) is 5.25. The summed E-state index contributed by atoms with van der Waals surface area (Å²) in [5, 5.41) is 9.47. The number of fused-ring (bicyclic) bond motifs is 4. The summed E-state index contributed by atoms with van der Waals surface area (Å²) in [6.07, 6.45) is 9.15. The van der Waals surface area contributed by atoms with E-state index in [0.29, 0.717) is 24.2 Å². The van der Waals surface area contributed by atoms with Crippen LogP contribution in [0.4, 0.5) is 0 Å². The zero-order valence-electron chi connectivity index (χ0n) is 15.2. The van der Waals surface area contributed by atoms with E-state index in [4.69, 9.17) is 4.42 Å². The molecule has 24 heavy (non-hydrogen) atoms. The van der Waals surface area contributed by atoms with Gasteiger partial charge in [-0.1, -0.05) is 27.2 Å². The highest BCUT2D eigenvalue weighted by Crippen LogP contribution is 2.65. The second kappa shape index (κ2) is 5.37. The Balaban J connectivity index is 1.71. The summed E-state index contributed by atoms with van der Waals surface area (Å²) < 4.78 is 5.82. The minimum Gasteiger partial charge on any atom is -0.481 e. The van der Waals surface area contributed by atoms with Crippen LogP contribution in [0.25, 0.3) is 0 Å². The zero-order chi connectivity index (χ0) is 17.1. The van der Waals surface area contributed by atoms with Crippen LogP contribution in [0.3, 0.4) is 0 Å². The van der Waals surface area contributed by atoms with Gasteiger partial charge in [0.25, 0.3) is 0 Å². The Morgan fingerprint density at radius 1 is 1.33 bits per heavy atom. The normalized spacial score (nSPS) is 44.3. The van der Waals surface area contributed by atoms with Gasteiger partial charge in [0.15, 0.2) is 0 Å². The van der Waals surface area contributed by atoms with Crippen molar-refractivity contribution in [2.24, 2.45) is 28.6 Å². The van der Waals surface area contributed by atoms with Crippen LogP contribution in [0.1, 0.15) is 76.5 Å². The van der Waals surface area contributed by atoms with E-state index in [9.17, 15) is 9.90 Å². The van der Waals surface area contributed by atoms with Crippen LogP contribution in [0.15, 0.2) is 16.7 Å². The predicted molar refractivity (Wildman–Crippen MR) is 92.8 cm³/mol. The Labute approximate surface area is 144 Å². The van der Waals surface area contributed by atoms with Crippen LogP contribution in [-0.4, -0.2) is 11.1 Å². The first-order valence-corrected chi connectivity index (χ1v) is 9.63. The fraction of sp³-hybridized carbons (Fsp3) is 0.762. The maximum Gasteiger partial charge on any atom is 0.303 e. The van der Waals surface area contributed by atoms with Crippen molar-refractivity contribution in [2.75, 3.05) is 0 Å². The number of aliphatic carboxylic acids is 1. The highest BCUT2D eigenvalue weighted by Gasteiger charge is 2.58. The summed E-state index contributed by atoms with van der Waals surface area (Å²) in [4.78, 5) is 11.5. The topological polar surface area (TPSA) is 50.4 Å². The molecule has 2 fully saturated rings. The lowest BCUT2D eigenvalue weighted by Crippen LogP contribution is -2.55. The number of carboxylic acids is 1. The van der Waals surface area contributed by atoms with E-state index in [1.165, 1.54) is 37.0 Å². The van der Waals surface area contributed by atoms with Gasteiger partial charge in [-0.3, -0.25) is 4.79 Å².